The van der Waals surface area contributed by atoms with E-state index in [2.05, 4.69) is 30.4 Å². The zero-order chi connectivity index (χ0) is 24.0. The van der Waals surface area contributed by atoms with E-state index in [0.717, 1.165) is 22.8 Å². The Bertz CT molecular complexity index is 1320. The van der Waals surface area contributed by atoms with Gasteiger partial charge in [0, 0.05) is 42.9 Å². The van der Waals surface area contributed by atoms with Crippen LogP contribution in [0.25, 0.3) is 5.69 Å². The molecule has 0 bridgehead atoms. The fourth-order valence-corrected chi connectivity index (χ4v) is 4.21. The third kappa shape index (κ3) is 5.88. The quantitative estimate of drug-likeness (QED) is 0.297. The number of aromatic nitrogens is 4. The van der Waals surface area contributed by atoms with Gasteiger partial charge in [0.25, 0.3) is 0 Å². The van der Waals surface area contributed by atoms with Gasteiger partial charge in [0.05, 0.1) is 17.7 Å². The molecule has 0 aliphatic carbocycles. The highest BCUT2D eigenvalue weighted by molar-refractivity contribution is 7.89. The van der Waals surface area contributed by atoms with Crippen LogP contribution in [0.4, 0.5) is 17.5 Å². The first kappa shape index (κ1) is 23.2. The van der Waals surface area contributed by atoms with Crippen LogP contribution in [0.3, 0.4) is 0 Å². The van der Waals surface area contributed by atoms with Gasteiger partial charge in [0.2, 0.25) is 16.0 Å². The lowest BCUT2D eigenvalue weighted by Crippen LogP contribution is -2.29. The molecular weight excluding hydrogens is 454 g/mol. The third-order valence-electron chi connectivity index (χ3n) is 4.83. The Balaban J connectivity index is 1.32. The van der Waals surface area contributed by atoms with Crippen molar-refractivity contribution in [3.63, 3.8) is 0 Å². The second-order valence-electron chi connectivity index (χ2n) is 7.34. The van der Waals surface area contributed by atoms with Crippen LogP contribution in [0.5, 0.6) is 5.75 Å². The number of benzene rings is 2. The highest BCUT2D eigenvalue weighted by Gasteiger charge is 2.13. The Morgan fingerprint density at radius 2 is 1.76 bits per heavy atom. The van der Waals surface area contributed by atoms with Crippen LogP contribution < -0.4 is 20.1 Å². The molecule has 0 unspecified atom stereocenters. The van der Waals surface area contributed by atoms with Gasteiger partial charge in [0.1, 0.15) is 11.6 Å². The number of nitrogens with one attached hydrogen (secondary N) is 3. The van der Waals surface area contributed by atoms with Crippen LogP contribution in [0.2, 0.25) is 0 Å². The molecule has 2 heterocycles. The van der Waals surface area contributed by atoms with Gasteiger partial charge in [-0.15, -0.1) is 0 Å². The van der Waals surface area contributed by atoms with Gasteiger partial charge in [-0.2, -0.15) is 10.1 Å². The van der Waals surface area contributed by atoms with Gasteiger partial charge in [-0.3, -0.25) is 0 Å². The molecule has 10 nitrogen and oxygen atoms in total. The minimum Gasteiger partial charge on any atom is -0.497 e. The Labute approximate surface area is 198 Å². The van der Waals surface area contributed by atoms with Crippen molar-refractivity contribution in [1.82, 2.24) is 24.5 Å². The van der Waals surface area contributed by atoms with E-state index in [4.69, 9.17) is 4.74 Å². The van der Waals surface area contributed by atoms with Crippen LogP contribution in [0.15, 0.2) is 78.0 Å². The molecule has 4 aromatic rings. The highest BCUT2D eigenvalue weighted by atomic mass is 32.2. The number of rotatable bonds is 10. The lowest BCUT2D eigenvalue weighted by molar-refractivity contribution is 0.415. The number of ether oxygens (including phenoxy) is 1. The van der Waals surface area contributed by atoms with Crippen molar-refractivity contribution in [2.45, 2.75) is 11.8 Å². The van der Waals surface area contributed by atoms with Crippen LogP contribution >= 0.6 is 0 Å². The summed E-state index contributed by atoms with van der Waals surface area (Å²) in [5.41, 5.74) is 2.41. The third-order valence-corrected chi connectivity index (χ3v) is 6.31. The second-order valence-corrected chi connectivity index (χ2v) is 9.11. The summed E-state index contributed by atoms with van der Waals surface area (Å²) in [6, 6.07) is 17.6. The summed E-state index contributed by atoms with van der Waals surface area (Å²) in [5.74, 6) is 1.79. The molecule has 0 aliphatic heterocycles. The molecule has 11 heteroatoms. The second kappa shape index (κ2) is 10.3. The monoisotopic (exact) mass is 479 g/mol. The first-order chi connectivity index (χ1) is 16.4. The highest BCUT2D eigenvalue weighted by Crippen LogP contribution is 2.20. The van der Waals surface area contributed by atoms with E-state index in [1.165, 1.54) is 0 Å². The number of aryl methyl sites for hydroxylation is 1. The molecule has 0 amide bonds. The molecule has 0 atom stereocenters. The van der Waals surface area contributed by atoms with E-state index in [1.54, 1.807) is 54.5 Å². The molecule has 0 spiro atoms. The average Bonchev–Trinajstić information content (AvgIpc) is 3.37. The summed E-state index contributed by atoms with van der Waals surface area (Å²) in [6.45, 7) is 2.35. The van der Waals surface area contributed by atoms with Crippen LogP contribution in [0.1, 0.15) is 5.69 Å². The maximum Gasteiger partial charge on any atom is 0.240 e. The number of sulfonamides is 1. The molecule has 176 valence electrons. The zero-order valence-electron chi connectivity index (χ0n) is 18.8. The summed E-state index contributed by atoms with van der Waals surface area (Å²) < 4.78 is 34.6. The van der Waals surface area contributed by atoms with E-state index in [0.29, 0.717) is 18.3 Å². The molecule has 0 aliphatic rings. The van der Waals surface area contributed by atoms with Gasteiger partial charge in [-0.1, -0.05) is 0 Å². The van der Waals surface area contributed by atoms with Crippen molar-refractivity contribution in [1.29, 1.82) is 0 Å². The topological polar surface area (TPSA) is 123 Å². The minimum atomic E-state index is -3.65. The molecule has 0 saturated carbocycles. The normalized spacial score (nSPS) is 11.2. The Kier molecular flexibility index (Phi) is 7.04. The Hall–Kier alpha value is -3.96. The number of hydrogen-bond donors (Lipinski definition) is 3. The van der Waals surface area contributed by atoms with E-state index < -0.39 is 10.0 Å². The predicted molar refractivity (Wildman–Crippen MR) is 130 cm³/mol. The Morgan fingerprint density at radius 3 is 2.44 bits per heavy atom. The first-order valence-corrected chi connectivity index (χ1v) is 12.0. The number of methoxy groups -OCH3 is 1. The van der Waals surface area contributed by atoms with Crippen molar-refractivity contribution in [2.75, 3.05) is 30.8 Å². The maximum atomic E-state index is 12.6. The fraction of sp³-hybridized carbons (Fsp3) is 0.174. The van der Waals surface area contributed by atoms with Gasteiger partial charge in [-0.25, -0.2) is 22.8 Å². The van der Waals surface area contributed by atoms with E-state index in [-0.39, 0.29) is 11.4 Å². The molecule has 34 heavy (non-hydrogen) atoms. The van der Waals surface area contributed by atoms with Gasteiger partial charge in [0.15, 0.2) is 0 Å². The molecule has 0 fully saturated rings. The summed E-state index contributed by atoms with van der Waals surface area (Å²) in [6.07, 6.45) is 3.45. The molecule has 2 aromatic carbocycles. The van der Waals surface area contributed by atoms with Crippen molar-refractivity contribution >= 4 is 27.5 Å². The van der Waals surface area contributed by atoms with Crippen molar-refractivity contribution < 1.29 is 13.2 Å². The van der Waals surface area contributed by atoms with E-state index in [9.17, 15) is 8.42 Å². The van der Waals surface area contributed by atoms with Crippen LogP contribution in [-0.2, 0) is 10.0 Å². The lowest BCUT2D eigenvalue weighted by Gasteiger charge is -2.11. The van der Waals surface area contributed by atoms with E-state index in [1.807, 2.05) is 37.3 Å². The molecule has 0 radical (unpaired) electrons. The number of hydrogen-bond acceptors (Lipinski definition) is 8. The van der Waals surface area contributed by atoms with Gasteiger partial charge in [-0.05, 0) is 61.5 Å². The Morgan fingerprint density at radius 1 is 1.00 bits per heavy atom. The SMILES string of the molecule is COc1ccc(Nc2cc(C)nc(NCCNS(=O)(=O)c3ccc(-n4cccn4)cc3)n2)cc1. The zero-order valence-corrected chi connectivity index (χ0v) is 19.6. The molecule has 3 N–H and O–H groups in total. The van der Waals surface area contributed by atoms with Crippen molar-refractivity contribution in [3.05, 3.63) is 78.8 Å². The summed E-state index contributed by atoms with van der Waals surface area (Å²) in [4.78, 5) is 8.99. The van der Waals surface area contributed by atoms with Crippen molar-refractivity contribution in [2.24, 2.45) is 0 Å². The molecule has 4 rings (SSSR count). The number of anilines is 3. The summed E-state index contributed by atoms with van der Waals surface area (Å²) >= 11 is 0. The smallest absolute Gasteiger partial charge is 0.240 e. The molecule has 0 saturated heterocycles. The predicted octanol–water partition coefficient (Wildman–Crippen LogP) is 3.11. The average molecular weight is 480 g/mol. The standard InChI is InChI=1S/C23H25N7O3S/c1-17-16-22(28-18-4-8-20(33-2)9-5-18)29-23(27-17)24-13-14-26-34(31,32)21-10-6-19(7-11-21)30-15-3-12-25-30/h3-12,15-16,26H,13-14H2,1-2H3,(H2,24,27,28,29). The first-order valence-electron chi connectivity index (χ1n) is 10.5. The lowest BCUT2D eigenvalue weighted by atomic mass is 10.3. The van der Waals surface area contributed by atoms with E-state index >= 15 is 0 Å². The minimum absolute atomic E-state index is 0.168. The van der Waals surface area contributed by atoms with Crippen LogP contribution in [-0.4, -0.2) is 48.4 Å². The van der Waals surface area contributed by atoms with Crippen LogP contribution in [0, 0.1) is 6.92 Å². The largest absolute Gasteiger partial charge is 0.497 e. The van der Waals surface area contributed by atoms with Gasteiger partial charge >= 0.3 is 0 Å². The number of nitrogens with zero attached hydrogens (tertiary/aromatic N) is 4. The summed E-state index contributed by atoms with van der Waals surface area (Å²) in [5, 5.41) is 10.4. The maximum absolute atomic E-state index is 12.6. The van der Waals surface area contributed by atoms with Crippen molar-refractivity contribution in [3.8, 4) is 11.4 Å². The summed E-state index contributed by atoms with van der Waals surface area (Å²) in [7, 11) is -2.03. The molecule has 2 aromatic heterocycles. The molecular formula is C23H25N7O3S. The fourth-order valence-electron chi connectivity index (χ4n) is 3.18. The van der Waals surface area contributed by atoms with Gasteiger partial charge < -0.3 is 15.4 Å².